The lowest BCUT2D eigenvalue weighted by Crippen LogP contribution is -2.47. The molecule has 0 radical (unpaired) electrons. The SMILES string of the molecule is Cc1c(-c2nc(N[C@H]3CCN(S(C)(=O)=O)C[C@H]3C)ncc2F)sc2c1C(=O)N(C)CC21CC1. The lowest BCUT2D eigenvalue weighted by Gasteiger charge is -2.35. The normalized spacial score (nSPS) is 24.8. The fourth-order valence-corrected chi connectivity index (χ4v) is 7.55. The van der Waals surface area contributed by atoms with Crippen molar-refractivity contribution in [1.29, 1.82) is 0 Å². The summed E-state index contributed by atoms with van der Waals surface area (Å²) in [4.78, 5) is 25.1. The number of carbonyl (C=O) groups is 1. The van der Waals surface area contributed by atoms with Crippen LogP contribution in [0.4, 0.5) is 10.3 Å². The van der Waals surface area contributed by atoms with Crippen molar-refractivity contribution in [3.05, 3.63) is 28.0 Å². The van der Waals surface area contributed by atoms with Crippen molar-refractivity contribution in [3.63, 3.8) is 0 Å². The third kappa shape index (κ3) is 3.83. The van der Waals surface area contributed by atoms with E-state index in [1.54, 1.807) is 4.90 Å². The van der Waals surface area contributed by atoms with Crippen LogP contribution in [0.2, 0.25) is 0 Å². The summed E-state index contributed by atoms with van der Waals surface area (Å²) in [5.41, 5.74) is 1.70. The van der Waals surface area contributed by atoms with Gasteiger partial charge in [0.2, 0.25) is 16.0 Å². The van der Waals surface area contributed by atoms with Crippen molar-refractivity contribution in [2.75, 3.05) is 38.3 Å². The van der Waals surface area contributed by atoms with E-state index in [0.29, 0.717) is 42.4 Å². The predicted molar refractivity (Wildman–Crippen MR) is 126 cm³/mol. The van der Waals surface area contributed by atoms with E-state index in [4.69, 9.17) is 0 Å². The molecule has 2 atom stereocenters. The number of anilines is 1. The maximum absolute atomic E-state index is 14.9. The second kappa shape index (κ2) is 7.71. The van der Waals surface area contributed by atoms with E-state index in [2.05, 4.69) is 15.3 Å². The Hall–Kier alpha value is -2.11. The summed E-state index contributed by atoms with van der Waals surface area (Å²) in [6.45, 7) is 5.40. The number of rotatable bonds is 4. The van der Waals surface area contributed by atoms with Gasteiger partial charge < -0.3 is 10.2 Å². The molecule has 33 heavy (non-hydrogen) atoms. The molecule has 178 valence electrons. The molecule has 4 heterocycles. The van der Waals surface area contributed by atoms with Crippen LogP contribution in [0.5, 0.6) is 0 Å². The summed E-state index contributed by atoms with van der Waals surface area (Å²) < 4.78 is 40.1. The average Bonchev–Trinajstić information content (AvgIpc) is 3.42. The van der Waals surface area contributed by atoms with Crippen LogP contribution in [-0.4, -0.2) is 72.5 Å². The molecule has 8 nitrogen and oxygen atoms in total. The second-order valence-electron chi connectivity index (χ2n) is 9.73. The molecule has 1 aliphatic carbocycles. The predicted octanol–water partition coefficient (Wildman–Crippen LogP) is 2.85. The van der Waals surface area contributed by atoms with Gasteiger partial charge in [0.05, 0.1) is 22.9 Å². The highest BCUT2D eigenvalue weighted by molar-refractivity contribution is 7.88. The Morgan fingerprint density at radius 2 is 2.06 bits per heavy atom. The van der Waals surface area contributed by atoms with Crippen molar-refractivity contribution in [2.24, 2.45) is 5.92 Å². The van der Waals surface area contributed by atoms with Gasteiger partial charge in [-0.15, -0.1) is 11.3 Å². The van der Waals surface area contributed by atoms with Gasteiger partial charge in [0.15, 0.2) is 5.82 Å². The molecule has 2 aromatic rings. The zero-order valence-electron chi connectivity index (χ0n) is 19.2. The zero-order valence-corrected chi connectivity index (χ0v) is 20.8. The Labute approximate surface area is 197 Å². The maximum Gasteiger partial charge on any atom is 0.255 e. The molecule has 1 spiro atoms. The van der Waals surface area contributed by atoms with Crippen LogP contribution >= 0.6 is 11.3 Å². The first-order valence-electron chi connectivity index (χ1n) is 11.1. The highest BCUT2D eigenvalue weighted by Gasteiger charge is 2.53. The number of piperidine rings is 1. The molecule has 2 aromatic heterocycles. The van der Waals surface area contributed by atoms with Crippen molar-refractivity contribution in [3.8, 4) is 10.6 Å². The molecule has 1 saturated heterocycles. The molecule has 2 aliphatic heterocycles. The van der Waals surface area contributed by atoms with E-state index in [9.17, 15) is 17.6 Å². The van der Waals surface area contributed by atoms with Crippen LogP contribution in [0.15, 0.2) is 6.20 Å². The summed E-state index contributed by atoms with van der Waals surface area (Å²) in [5.74, 6) is -0.176. The molecule has 0 aromatic carbocycles. The molecule has 1 N–H and O–H groups in total. The van der Waals surface area contributed by atoms with E-state index in [1.807, 2.05) is 20.9 Å². The van der Waals surface area contributed by atoms with Gasteiger partial charge in [0.25, 0.3) is 5.91 Å². The Morgan fingerprint density at radius 3 is 2.70 bits per heavy atom. The summed E-state index contributed by atoms with van der Waals surface area (Å²) in [7, 11) is -1.40. The lowest BCUT2D eigenvalue weighted by atomic mass is 9.92. The van der Waals surface area contributed by atoms with Crippen molar-refractivity contribution in [1.82, 2.24) is 19.2 Å². The summed E-state index contributed by atoms with van der Waals surface area (Å²) in [5, 5.41) is 3.28. The van der Waals surface area contributed by atoms with Crippen molar-refractivity contribution < 1.29 is 17.6 Å². The van der Waals surface area contributed by atoms with Gasteiger partial charge in [-0.1, -0.05) is 6.92 Å². The largest absolute Gasteiger partial charge is 0.351 e. The molecule has 5 rings (SSSR count). The van der Waals surface area contributed by atoms with E-state index in [0.717, 1.165) is 23.3 Å². The van der Waals surface area contributed by atoms with Gasteiger partial charge in [0, 0.05) is 43.0 Å². The van der Waals surface area contributed by atoms with Crippen LogP contribution in [0.25, 0.3) is 10.6 Å². The first-order chi connectivity index (χ1) is 15.5. The van der Waals surface area contributed by atoms with Gasteiger partial charge in [-0.2, -0.15) is 0 Å². The monoisotopic (exact) mass is 493 g/mol. The van der Waals surface area contributed by atoms with Crippen molar-refractivity contribution in [2.45, 2.75) is 44.6 Å². The highest BCUT2D eigenvalue weighted by Crippen LogP contribution is 2.57. The Bertz CT molecular complexity index is 1240. The smallest absolute Gasteiger partial charge is 0.255 e. The number of nitrogens with one attached hydrogen (secondary N) is 1. The van der Waals surface area contributed by atoms with Gasteiger partial charge in [-0.25, -0.2) is 27.1 Å². The lowest BCUT2D eigenvalue weighted by molar-refractivity contribution is 0.0760. The minimum atomic E-state index is -3.23. The molecule has 2 fully saturated rings. The van der Waals surface area contributed by atoms with E-state index in [1.165, 1.54) is 28.1 Å². The third-order valence-corrected chi connectivity index (χ3v) is 10.0. The fraction of sp³-hybridized carbons (Fsp3) is 0.591. The van der Waals surface area contributed by atoms with Crippen LogP contribution in [0.1, 0.15) is 47.0 Å². The number of fused-ring (bicyclic) bond motifs is 2. The van der Waals surface area contributed by atoms with Gasteiger partial charge in [-0.3, -0.25) is 4.79 Å². The molecular weight excluding hydrogens is 465 g/mol. The topological polar surface area (TPSA) is 95.5 Å². The number of hydrogen-bond acceptors (Lipinski definition) is 7. The maximum atomic E-state index is 14.9. The van der Waals surface area contributed by atoms with Crippen molar-refractivity contribution >= 4 is 33.2 Å². The number of aromatic nitrogens is 2. The van der Waals surface area contributed by atoms with E-state index >= 15 is 0 Å². The van der Waals surface area contributed by atoms with Crippen LogP contribution in [0.3, 0.4) is 0 Å². The van der Waals surface area contributed by atoms with Crippen LogP contribution in [0, 0.1) is 18.7 Å². The minimum absolute atomic E-state index is 0.0122. The molecule has 0 unspecified atom stereocenters. The van der Waals surface area contributed by atoms with E-state index in [-0.39, 0.29) is 29.0 Å². The number of halogens is 1. The highest BCUT2D eigenvalue weighted by atomic mass is 32.2. The number of sulfonamides is 1. The second-order valence-corrected chi connectivity index (χ2v) is 12.7. The van der Waals surface area contributed by atoms with E-state index < -0.39 is 15.8 Å². The van der Waals surface area contributed by atoms with Gasteiger partial charge in [0.1, 0.15) is 5.69 Å². The number of thiophene rings is 1. The summed E-state index contributed by atoms with van der Waals surface area (Å²) in [6.07, 6.45) is 5.08. The molecule has 1 amide bonds. The van der Waals surface area contributed by atoms with Gasteiger partial charge >= 0.3 is 0 Å². The Balaban J connectivity index is 1.44. The number of hydrogen-bond donors (Lipinski definition) is 1. The number of carbonyl (C=O) groups excluding carboxylic acids is 1. The summed E-state index contributed by atoms with van der Waals surface area (Å²) >= 11 is 1.48. The van der Waals surface area contributed by atoms with Gasteiger partial charge in [-0.05, 0) is 37.7 Å². The Morgan fingerprint density at radius 1 is 1.33 bits per heavy atom. The average molecular weight is 494 g/mol. The number of amides is 1. The summed E-state index contributed by atoms with van der Waals surface area (Å²) in [6, 6.07) is -0.0242. The quantitative estimate of drug-likeness (QED) is 0.704. The minimum Gasteiger partial charge on any atom is -0.351 e. The first-order valence-corrected chi connectivity index (χ1v) is 13.8. The molecule has 1 saturated carbocycles. The number of nitrogens with zero attached hydrogens (tertiary/aromatic N) is 4. The molecule has 11 heteroatoms. The zero-order chi connectivity index (χ0) is 23.7. The fourth-order valence-electron chi connectivity index (χ4n) is 5.08. The Kier molecular flexibility index (Phi) is 5.30. The third-order valence-electron chi connectivity index (χ3n) is 7.19. The molecule has 3 aliphatic rings. The molecular formula is C22H28FN5O3S2. The van der Waals surface area contributed by atoms with Crippen LogP contribution in [-0.2, 0) is 15.4 Å². The standard InChI is InChI=1S/C22H28FN5O3S2/c1-12-10-28(33(4,30)31)8-5-15(12)25-21-24-9-14(23)17(26-21)18-13(2)16-19(32-18)22(6-7-22)11-27(3)20(16)29/h9,12,15H,5-8,10-11H2,1-4H3,(H,24,25,26)/t12-,15+/m1/s1. The number of likely N-dealkylation sites (N-methyl/N-ethyl adjacent to an activating group) is 1. The van der Waals surface area contributed by atoms with Crippen LogP contribution < -0.4 is 5.32 Å². The molecule has 0 bridgehead atoms. The first kappa shape index (κ1) is 22.7.